The number of hydrogen-bond donors (Lipinski definition) is 3. The van der Waals surface area contributed by atoms with Gasteiger partial charge in [0.2, 0.25) is 11.8 Å². The van der Waals surface area contributed by atoms with Gasteiger partial charge in [0.25, 0.3) is 0 Å². The van der Waals surface area contributed by atoms with E-state index in [1.807, 2.05) is 31.2 Å². The summed E-state index contributed by atoms with van der Waals surface area (Å²) in [6, 6.07) is 6.96. The largest absolute Gasteiger partial charge is 0.493 e. The fourth-order valence-corrected chi connectivity index (χ4v) is 2.01. The number of nitrogens with one attached hydrogen (secondary N) is 1. The van der Waals surface area contributed by atoms with E-state index in [4.69, 9.17) is 16.2 Å². The highest BCUT2D eigenvalue weighted by molar-refractivity contribution is 5.86. The van der Waals surface area contributed by atoms with Crippen LogP contribution in [0.3, 0.4) is 0 Å². The number of ether oxygens (including phenoxy) is 1. The van der Waals surface area contributed by atoms with E-state index < -0.39 is 11.9 Å². The zero-order chi connectivity index (χ0) is 16.4. The fraction of sp³-hybridized carbons (Fsp3) is 0.500. The van der Waals surface area contributed by atoms with Crippen LogP contribution in [0.25, 0.3) is 0 Å². The summed E-state index contributed by atoms with van der Waals surface area (Å²) in [5.74, 6) is -0.0450. The Morgan fingerprint density at radius 2 is 2.09 bits per heavy atom. The van der Waals surface area contributed by atoms with Gasteiger partial charge in [-0.25, -0.2) is 0 Å². The minimum Gasteiger partial charge on any atom is -0.493 e. The summed E-state index contributed by atoms with van der Waals surface area (Å²) < 4.78 is 5.50. The summed E-state index contributed by atoms with van der Waals surface area (Å²) in [4.78, 5) is 23.1. The summed E-state index contributed by atoms with van der Waals surface area (Å²) in [7, 11) is 0. The number of nitrogens with two attached hydrogens (primary N) is 2. The van der Waals surface area contributed by atoms with Crippen molar-refractivity contribution in [1.29, 1.82) is 0 Å². The molecule has 0 spiro atoms. The predicted molar refractivity (Wildman–Crippen MR) is 85.3 cm³/mol. The quantitative estimate of drug-likeness (QED) is 0.557. The van der Waals surface area contributed by atoms with Crippen molar-refractivity contribution in [3.05, 3.63) is 29.8 Å². The van der Waals surface area contributed by atoms with Crippen molar-refractivity contribution in [2.75, 3.05) is 13.2 Å². The molecule has 2 amide bonds. The van der Waals surface area contributed by atoms with Crippen LogP contribution < -0.4 is 21.5 Å². The number of aryl methyl sites for hydroxylation is 1. The van der Waals surface area contributed by atoms with E-state index in [0.717, 1.165) is 24.2 Å². The Balaban J connectivity index is 2.32. The molecule has 0 fully saturated rings. The van der Waals surface area contributed by atoms with Crippen molar-refractivity contribution in [1.82, 2.24) is 5.32 Å². The van der Waals surface area contributed by atoms with Gasteiger partial charge in [0.15, 0.2) is 0 Å². The van der Waals surface area contributed by atoms with Crippen LogP contribution in [0.2, 0.25) is 0 Å². The normalized spacial score (nSPS) is 11.7. The molecule has 0 radical (unpaired) electrons. The number of benzene rings is 1. The topological polar surface area (TPSA) is 107 Å². The Morgan fingerprint density at radius 3 is 2.73 bits per heavy atom. The Labute approximate surface area is 131 Å². The molecular formula is C16H25N3O3. The first-order valence-corrected chi connectivity index (χ1v) is 7.51. The molecule has 0 saturated heterocycles. The van der Waals surface area contributed by atoms with Gasteiger partial charge in [-0.1, -0.05) is 12.1 Å². The van der Waals surface area contributed by atoms with Crippen LogP contribution in [-0.4, -0.2) is 31.0 Å². The van der Waals surface area contributed by atoms with Gasteiger partial charge in [0.05, 0.1) is 13.0 Å². The summed E-state index contributed by atoms with van der Waals surface area (Å²) in [6.07, 6.45) is 2.24. The highest BCUT2D eigenvalue weighted by Crippen LogP contribution is 2.12. The van der Waals surface area contributed by atoms with E-state index in [1.54, 1.807) is 0 Å². The molecule has 1 rings (SSSR count). The second-order valence-electron chi connectivity index (χ2n) is 5.22. The zero-order valence-electron chi connectivity index (χ0n) is 13.0. The van der Waals surface area contributed by atoms with E-state index in [1.165, 1.54) is 0 Å². The lowest BCUT2D eigenvalue weighted by molar-refractivity contribution is -0.127. The van der Waals surface area contributed by atoms with E-state index >= 15 is 0 Å². The van der Waals surface area contributed by atoms with Gasteiger partial charge < -0.3 is 21.5 Å². The highest BCUT2D eigenvalue weighted by atomic mass is 16.5. The molecule has 0 aliphatic heterocycles. The molecule has 6 nitrogen and oxygen atoms in total. The molecule has 0 heterocycles. The average molecular weight is 307 g/mol. The van der Waals surface area contributed by atoms with Crippen molar-refractivity contribution in [2.45, 2.75) is 38.6 Å². The molecule has 1 atom stereocenters. The number of unbranched alkanes of at least 4 members (excludes halogenated alkanes) is 1. The molecule has 0 unspecified atom stereocenters. The van der Waals surface area contributed by atoms with Crippen molar-refractivity contribution < 1.29 is 14.3 Å². The van der Waals surface area contributed by atoms with Crippen LogP contribution >= 0.6 is 0 Å². The Bertz CT molecular complexity index is 491. The van der Waals surface area contributed by atoms with Crippen molar-refractivity contribution in [2.24, 2.45) is 11.5 Å². The van der Waals surface area contributed by atoms with Crippen molar-refractivity contribution in [3.8, 4) is 5.75 Å². The number of primary amides is 1. The van der Waals surface area contributed by atoms with Crippen LogP contribution in [0.4, 0.5) is 0 Å². The summed E-state index contributed by atoms with van der Waals surface area (Å²) >= 11 is 0. The molecular weight excluding hydrogens is 282 g/mol. The van der Waals surface area contributed by atoms with Crippen molar-refractivity contribution >= 4 is 11.8 Å². The average Bonchev–Trinajstić information content (AvgIpc) is 2.46. The van der Waals surface area contributed by atoms with Gasteiger partial charge in [-0.15, -0.1) is 0 Å². The molecule has 122 valence electrons. The van der Waals surface area contributed by atoms with Crippen molar-refractivity contribution in [3.63, 3.8) is 0 Å². The van der Waals surface area contributed by atoms with E-state index in [0.29, 0.717) is 13.0 Å². The molecule has 5 N–H and O–H groups in total. The fourth-order valence-electron chi connectivity index (χ4n) is 2.01. The van der Waals surface area contributed by atoms with Gasteiger partial charge in [-0.3, -0.25) is 9.59 Å². The highest BCUT2D eigenvalue weighted by Gasteiger charge is 2.17. The second kappa shape index (κ2) is 9.78. The lowest BCUT2D eigenvalue weighted by Crippen LogP contribution is -2.44. The van der Waals surface area contributed by atoms with Gasteiger partial charge in [0.1, 0.15) is 11.8 Å². The molecule has 22 heavy (non-hydrogen) atoms. The molecule has 0 aliphatic rings. The smallest absolute Gasteiger partial charge is 0.239 e. The first-order valence-electron chi connectivity index (χ1n) is 7.51. The van der Waals surface area contributed by atoms with E-state index in [2.05, 4.69) is 5.32 Å². The minimum absolute atomic E-state index is 0.175. The number of carbonyl (C=O) groups is 2. The predicted octanol–water partition coefficient (Wildman–Crippen LogP) is 0.863. The van der Waals surface area contributed by atoms with Crippen LogP contribution in [0.5, 0.6) is 5.75 Å². The lowest BCUT2D eigenvalue weighted by atomic mass is 10.1. The molecule has 1 aromatic carbocycles. The Morgan fingerprint density at radius 1 is 1.32 bits per heavy atom. The van der Waals surface area contributed by atoms with E-state index in [-0.39, 0.29) is 18.9 Å². The van der Waals surface area contributed by atoms with Crippen LogP contribution in [0.1, 0.15) is 31.2 Å². The third-order valence-corrected chi connectivity index (χ3v) is 3.21. The maximum absolute atomic E-state index is 11.8. The molecule has 0 aromatic heterocycles. The maximum atomic E-state index is 11.8. The molecule has 0 bridgehead atoms. The number of hydrogen-bond acceptors (Lipinski definition) is 4. The first kappa shape index (κ1) is 18.0. The first-order chi connectivity index (χ1) is 10.5. The monoisotopic (exact) mass is 307 g/mol. The molecule has 1 aromatic rings. The SMILES string of the molecule is Cc1cccc(OCCC(=O)N[C@@H](CCCCN)C(N)=O)c1. The second-order valence-corrected chi connectivity index (χ2v) is 5.22. The third-order valence-electron chi connectivity index (χ3n) is 3.21. The third kappa shape index (κ3) is 7.08. The van der Waals surface area contributed by atoms with E-state index in [9.17, 15) is 9.59 Å². The van der Waals surface area contributed by atoms with Crippen LogP contribution in [0, 0.1) is 6.92 Å². The van der Waals surface area contributed by atoms with Crippen LogP contribution in [0.15, 0.2) is 24.3 Å². The summed E-state index contributed by atoms with van der Waals surface area (Å²) in [5, 5.41) is 2.64. The maximum Gasteiger partial charge on any atom is 0.239 e. The Kier molecular flexibility index (Phi) is 7.99. The van der Waals surface area contributed by atoms with Gasteiger partial charge in [0, 0.05) is 0 Å². The number of rotatable bonds is 10. The minimum atomic E-state index is -0.641. The van der Waals surface area contributed by atoms with Crippen LogP contribution in [-0.2, 0) is 9.59 Å². The molecule has 6 heteroatoms. The van der Waals surface area contributed by atoms with Gasteiger partial charge in [-0.05, 0) is 50.4 Å². The summed E-state index contributed by atoms with van der Waals surface area (Å²) in [6.45, 7) is 2.78. The van der Waals surface area contributed by atoms with Gasteiger partial charge >= 0.3 is 0 Å². The summed E-state index contributed by atoms with van der Waals surface area (Å²) in [5.41, 5.74) is 11.8. The number of carbonyl (C=O) groups excluding carboxylic acids is 2. The zero-order valence-corrected chi connectivity index (χ0v) is 13.0. The molecule has 0 saturated carbocycles. The Hall–Kier alpha value is -2.08. The molecule has 0 aliphatic carbocycles. The number of amides is 2. The lowest BCUT2D eigenvalue weighted by Gasteiger charge is -2.15. The van der Waals surface area contributed by atoms with Gasteiger partial charge in [-0.2, -0.15) is 0 Å². The standard InChI is InChI=1S/C16H25N3O3/c1-12-5-4-6-13(11-12)22-10-8-15(20)19-14(16(18)21)7-2-3-9-17/h4-6,11,14H,2-3,7-10,17H2,1H3,(H2,18,21)(H,19,20)/t14-/m0/s1.